The molecule has 0 heterocycles. The molecule has 1 aliphatic rings. The summed E-state index contributed by atoms with van der Waals surface area (Å²) in [5.41, 5.74) is 0. The minimum Gasteiger partial charge on any atom is -0.317 e. The van der Waals surface area contributed by atoms with E-state index >= 15 is 0 Å². The Morgan fingerprint density at radius 3 is 2.44 bits per heavy atom. The topological polar surface area (TPSA) is 15.3 Å². The highest BCUT2D eigenvalue weighted by Crippen LogP contribution is 2.22. The van der Waals surface area contributed by atoms with Gasteiger partial charge in [0, 0.05) is 12.1 Å². The zero-order valence-corrected chi connectivity index (χ0v) is 12.0. The molecule has 0 bridgehead atoms. The van der Waals surface area contributed by atoms with Crippen molar-refractivity contribution < 1.29 is 0 Å². The Hall–Kier alpha value is 0.270. The van der Waals surface area contributed by atoms with Gasteiger partial charge in [-0.1, -0.05) is 0 Å². The van der Waals surface area contributed by atoms with Crippen LogP contribution in [0.1, 0.15) is 38.5 Å². The van der Waals surface area contributed by atoms with Gasteiger partial charge < -0.3 is 10.2 Å². The van der Waals surface area contributed by atoms with Crippen LogP contribution in [-0.2, 0) is 0 Å². The van der Waals surface area contributed by atoms with Crippen LogP contribution in [0.15, 0.2) is 0 Å². The second kappa shape index (κ2) is 8.37. The summed E-state index contributed by atoms with van der Waals surface area (Å²) in [5.74, 6) is 1.32. The van der Waals surface area contributed by atoms with Crippen LogP contribution < -0.4 is 5.32 Å². The first-order chi connectivity index (χ1) is 7.77. The summed E-state index contributed by atoms with van der Waals surface area (Å²) in [7, 11) is 4.40. The molecule has 3 heteroatoms. The van der Waals surface area contributed by atoms with Crippen molar-refractivity contribution in [3.63, 3.8) is 0 Å². The lowest BCUT2D eigenvalue weighted by atomic mass is 9.90. The third kappa shape index (κ3) is 5.07. The number of nitrogens with one attached hydrogen (secondary N) is 1. The van der Waals surface area contributed by atoms with E-state index in [2.05, 4.69) is 30.6 Å². The highest BCUT2D eigenvalue weighted by atomic mass is 32.2. The van der Waals surface area contributed by atoms with Crippen molar-refractivity contribution in [1.29, 1.82) is 0 Å². The first-order valence-corrected chi connectivity index (χ1v) is 8.03. The van der Waals surface area contributed by atoms with Gasteiger partial charge in [0.05, 0.1) is 0 Å². The molecule has 2 nitrogen and oxygen atoms in total. The first-order valence-electron chi connectivity index (χ1n) is 6.64. The predicted octanol–water partition coefficient (Wildman–Crippen LogP) is 2.59. The van der Waals surface area contributed by atoms with Crippen molar-refractivity contribution >= 4 is 11.8 Å². The molecule has 1 fully saturated rings. The molecule has 0 saturated heterocycles. The van der Waals surface area contributed by atoms with Crippen molar-refractivity contribution in [2.45, 2.75) is 50.6 Å². The van der Waals surface area contributed by atoms with Crippen LogP contribution in [0.4, 0.5) is 0 Å². The summed E-state index contributed by atoms with van der Waals surface area (Å²) >= 11 is 1.97. The summed E-state index contributed by atoms with van der Waals surface area (Å²) in [4.78, 5) is 2.59. The molecule has 16 heavy (non-hydrogen) atoms. The largest absolute Gasteiger partial charge is 0.317 e. The lowest BCUT2D eigenvalue weighted by Crippen LogP contribution is -2.40. The standard InChI is InChI=1S/C13H28N2S/c1-14-12-6-8-13(9-7-12)15(2)10-4-5-11-16-3/h12-14H,4-11H2,1-3H3. The molecule has 1 aliphatic carbocycles. The third-order valence-electron chi connectivity index (χ3n) is 3.84. The van der Waals surface area contributed by atoms with Gasteiger partial charge in [0.25, 0.3) is 0 Å². The Morgan fingerprint density at radius 2 is 1.88 bits per heavy atom. The van der Waals surface area contributed by atoms with Gasteiger partial charge >= 0.3 is 0 Å². The molecular formula is C13H28N2S. The van der Waals surface area contributed by atoms with Crippen LogP contribution in [-0.4, -0.2) is 49.6 Å². The first kappa shape index (κ1) is 14.3. The third-order valence-corrected chi connectivity index (χ3v) is 4.53. The summed E-state index contributed by atoms with van der Waals surface area (Å²) in [6, 6.07) is 1.63. The van der Waals surface area contributed by atoms with Crippen LogP contribution in [0.25, 0.3) is 0 Å². The summed E-state index contributed by atoms with van der Waals surface area (Å²) < 4.78 is 0. The number of thioether (sulfide) groups is 1. The van der Waals surface area contributed by atoms with Gasteiger partial charge in [-0.2, -0.15) is 11.8 Å². The lowest BCUT2D eigenvalue weighted by Gasteiger charge is -2.34. The monoisotopic (exact) mass is 244 g/mol. The zero-order chi connectivity index (χ0) is 11.8. The molecule has 0 aromatic carbocycles. The number of hydrogen-bond acceptors (Lipinski definition) is 3. The maximum atomic E-state index is 3.40. The van der Waals surface area contributed by atoms with Crippen molar-refractivity contribution in [3.8, 4) is 0 Å². The minimum absolute atomic E-state index is 0.779. The molecule has 0 spiro atoms. The van der Waals surface area contributed by atoms with Gasteiger partial charge in [0.2, 0.25) is 0 Å². The van der Waals surface area contributed by atoms with Gasteiger partial charge in [-0.25, -0.2) is 0 Å². The number of hydrogen-bond donors (Lipinski definition) is 1. The van der Waals surface area contributed by atoms with Gasteiger partial charge in [-0.05, 0) is 71.2 Å². The normalized spacial score (nSPS) is 26.2. The number of unbranched alkanes of at least 4 members (excludes halogenated alkanes) is 1. The average molecular weight is 244 g/mol. The van der Waals surface area contributed by atoms with Gasteiger partial charge in [0.1, 0.15) is 0 Å². The van der Waals surface area contributed by atoms with Gasteiger partial charge in [-0.3, -0.25) is 0 Å². The molecule has 96 valence electrons. The second-order valence-electron chi connectivity index (χ2n) is 4.97. The fourth-order valence-electron chi connectivity index (χ4n) is 2.60. The molecule has 0 aromatic rings. The SMILES string of the molecule is CNC1CCC(N(C)CCCCSC)CC1. The molecule has 0 atom stereocenters. The van der Waals surface area contributed by atoms with E-state index in [0.29, 0.717) is 0 Å². The number of rotatable bonds is 7. The van der Waals surface area contributed by atoms with E-state index in [9.17, 15) is 0 Å². The quantitative estimate of drug-likeness (QED) is 0.693. The fraction of sp³-hybridized carbons (Fsp3) is 1.00. The summed E-state index contributed by atoms with van der Waals surface area (Å²) in [6.45, 7) is 1.29. The zero-order valence-electron chi connectivity index (χ0n) is 11.2. The molecule has 0 radical (unpaired) electrons. The van der Waals surface area contributed by atoms with E-state index in [0.717, 1.165) is 12.1 Å². The smallest absolute Gasteiger partial charge is 0.00933 e. The van der Waals surface area contributed by atoms with Gasteiger partial charge in [0.15, 0.2) is 0 Å². The molecule has 1 rings (SSSR count). The van der Waals surface area contributed by atoms with E-state index in [-0.39, 0.29) is 0 Å². The van der Waals surface area contributed by atoms with E-state index < -0.39 is 0 Å². The van der Waals surface area contributed by atoms with Crippen molar-refractivity contribution in [2.24, 2.45) is 0 Å². The molecular weight excluding hydrogens is 216 g/mol. The molecule has 0 aliphatic heterocycles. The molecule has 0 unspecified atom stereocenters. The van der Waals surface area contributed by atoms with Gasteiger partial charge in [-0.15, -0.1) is 0 Å². The van der Waals surface area contributed by atoms with Crippen LogP contribution in [0.3, 0.4) is 0 Å². The average Bonchev–Trinajstić information content (AvgIpc) is 2.34. The Balaban J connectivity index is 2.10. The molecule has 1 N–H and O–H groups in total. The van der Waals surface area contributed by atoms with Crippen LogP contribution >= 0.6 is 11.8 Å². The Morgan fingerprint density at radius 1 is 1.19 bits per heavy atom. The van der Waals surface area contributed by atoms with E-state index in [1.807, 2.05) is 11.8 Å². The highest BCUT2D eigenvalue weighted by molar-refractivity contribution is 7.98. The Labute approximate surface area is 106 Å². The van der Waals surface area contributed by atoms with E-state index in [1.54, 1.807) is 0 Å². The Bertz CT molecular complexity index is 167. The predicted molar refractivity (Wildman–Crippen MR) is 75.3 cm³/mol. The highest BCUT2D eigenvalue weighted by Gasteiger charge is 2.22. The van der Waals surface area contributed by atoms with Crippen molar-refractivity contribution in [1.82, 2.24) is 10.2 Å². The molecule has 0 aromatic heterocycles. The molecule has 0 amide bonds. The second-order valence-corrected chi connectivity index (χ2v) is 5.96. The lowest BCUT2D eigenvalue weighted by molar-refractivity contribution is 0.175. The van der Waals surface area contributed by atoms with E-state index in [4.69, 9.17) is 0 Å². The summed E-state index contributed by atoms with van der Waals surface area (Å²) in [6.07, 6.45) is 10.4. The maximum Gasteiger partial charge on any atom is 0.00933 e. The van der Waals surface area contributed by atoms with Crippen LogP contribution in [0.2, 0.25) is 0 Å². The minimum atomic E-state index is 0.779. The maximum absolute atomic E-state index is 3.40. The molecule has 1 saturated carbocycles. The fourth-order valence-corrected chi connectivity index (χ4v) is 3.09. The van der Waals surface area contributed by atoms with Crippen molar-refractivity contribution in [3.05, 3.63) is 0 Å². The summed E-state index contributed by atoms with van der Waals surface area (Å²) in [5, 5.41) is 3.40. The van der Waals surface area contributed by atoms with Crippen molar-refractivity contribution in [2.75, 3.05) is 32.6 Å². The van der Waals surface area contributed by atoms with Crippen LogP contribution in [0, 0.1) is 0 Å². The van der Waals surface area contributed by atoms with E-state index in [1.165, 1.54) is 50.8 Å². The Kier molecular flexibility index (Phi) is 7.50. The number of nitrogens with zero attached hydrogens (tertiary/aromatic N) is 1. The van der Waals surface area contributed by atoms with Crippen LogP contribution in [0.5, 0.6) is 0 Å².